The van der Waals surface area contributed by atoms with E-state index >= 15 is 0 Å². The number of hydrogen-bond acceptors (Lipinski definition) is 3. The van der Waals surface area contributed by atoms with Crippen molar-refractivity contribution >= 4 is 5.82 Å². The number of nitrogens with one attached hydrogen (secondary N) is 1. The summed E-state index contributed by atoms with van der Waals surface area (Å²) >= 11 is 0. The number of aromatic nitrogens is 1. The van der Waals surface area contributed by atoms with E-state index in [0.29, 0.717) is 17.9 Å². The van der Waals surface area contributed by atoms with E-state index in [1.807, 2.05) is 19.9 Å². The molecule has 1 heterocycles. The Balaban J connectivity index is 2.52. The molecule has 3 N–H and O–H groups in total. The fraction of sp³-hybridized carbons (Fsp3) is 0.312. The molecule has 112 valence electrons. The minimum atomic E-state index is -0.520. The molecule has 0 saturated carbocycles. The van der Waals surface area contributed by atoms with Gasteiger partial charge in [0.15, 0.2) is 0 Å². The van der Waals surface area contributed by atoms with Crippen LogP contribution in [0.15, 0.2) is 30.5 Å². The predicted octanol–water partition coefficient (Wildman–Crippen LogP) is 3.34. The lowest BCUT2D eigenvalue weighted by Gasteiger charge is -2.21. The summed E-state index contributed by atoms with van der Waals surface area (Å²) in [5.74, 6) is -0.627. The molecule has 2 rings (SSSR count). The maximum atomic E-state index is 14.1. The summed E-state index contributed by atoms with van der Waals surface area (Å²) in [6, 6.07) is 4.76. The maximum Gasteiger partial charge on any atom is 0.128 e. The summed E-state index contributed by atoms with van der Waals surface area (Å²) in [5.41, 5.74) is 7.73. The Morgan fingerprint density at radius 3 is 2.71 bits per heavy atom. The minimum absolute atomic E-state index is 0.238. The van der Waals surface area contributed by atoms with E-state index in [0.717, 1.165) is 24.1 Å². The van der Waals surface area contributed by atoms with E-state index in [2.05, 4.69) is 10.3 Å². The van der Waals surface area contributed by atoms with Gasteiger partial charge in [-0.1, -0.05) is 6.92 Å². The normalized spacial score (nSPS) is 12.4. The van der Waals surface area contributed by atoms with Crippen molar-refractivity contribution < 1.29 is 8.78 Å². The second-order valence-corrected chi connectivity index (χ2v) is 5.04. The van der Waals surface area contributed by atoms with Crippen molar-refractivity contribution in [2.45, 2.75) is 26.3 Å². The summed E-state index contributed by atoms with van der Waals surface area (Å²) in [4.78, 5) is 4.11. The van der Waals surface area contributed by atoms with E-state index in [9.17, 15) is 8.78 Å². The molecular formula is C16H19F2N3. The van der Waals surface area contributed by atoms with Crippen molar-refractivity contribution in [2.75, 3.05) is 12.3 Å². The van der Waals surface area contributed by atoms with Gasteiger partial charge in [-0.25, -0.2) is 13.8 Å². The first-order chi connectivity index (χ1) is 10.0. The molecule has 1 atom stereocenters. The summed E-state index contributed by atoms with van der Waals surface area (Å²) in [6.07, 6.45) is 2.52. The van der Waals surface area contributed by atoms with E-state index in [4.69, 9.17) is 5.73 Å². The molecule has 1 unspecified atom stereocenters. The van der Waals surface area contributed by atoms with Crippen LogP contribution >= 0.6 is 0 Å². The smallest absolute Gasteiger partial charge is 0.128 e. The highest BCUT2D eigenvalue weighted by molar-refractivity contribution is 5.47. The molecule has 0 bridgehead atoms. The number of benzene rings is 1. The van der Waals surface area contributed by atoms with Gasteiger partial charge in [0.05, 0.1) is 6.04 Å². The first-order valence-corrected chi connectivity index (χ1v) is 6.93. The maximum absolute atomic E-state index is 14.1. The van der Waals surface area contributed by atoms with Crippen molar-refractivity contribution in [3.05, 3.63) is 58.8 Å². The molecule has 0 spiro atoms. The van der Waals surface area contributed by atoms with E-state index in [1.54, 1.807) is 6.20 Å². The molecule has 2 aromatic rings. The number of nitrogens with zero attached hydrogens (tertiary/aromatic N) is 1. The van der Waals surface area contributed by atoms with E-state index in [-0.39, 0.29) is 5.56 Å². The Kier molecular flexibility index (Phi) is 4.85. The number of aryl methyl sites for hydroxylation is 1. The standard InChI is InChI=1S/C16H19F2N3/c1-3-6-20-15(12-8-11(17)4-5-14(12)18)13-7-10(2)9-21-16(13)19/h4-5,7-9,15,20H,3,6H2,1-2H3,(H2,19,21). The zero-order valence-electron chi connectivity index (χ0n) is 12.2. The van der Waals surface area contributed by atoms with Crippen molar-refractivity contribution in [1.29, 1.82) is 0 Å². The third-order valence-corrected chi connectivity index (χ3v) is 3.26. The van der Waals surface area contributed by atoms with Crippen LogP contribution in [-0.4, -0.2) is 11.5 Å². The number of halogens is 2. The number of nitrogens with two attached hydrogens (primary N) is 1. The largest absolute Gasteiger partial charge is 0.383 e. The van der Waals surface area contributed by atoms with Crippen LogP contribution in [0.4, 0.5) is 14.6 Å². The molecule has 0 radical (unpaired) electrons. The van der Waals surface area contributed by atoms with Crippen LogP contribution < -0.4 is 11.1 Å². The highest BCUT2D eigenvalue weighted by Gasteiger charge is 2.21. The van der Waals surface area contributed by atoms with Crippen molar-refractivity contribution in [2.24, 2.45) is 0 Å². The van der Waals surface area contributed by atoms with Crippen LogP contribution in [-0.2, 0) is 0 Å². The molecule has 3 nitrogen and oxygen atoms in total. The first kappa shape index (κ1) is 15.4. The van der Waals surface area contributed by atoms with Gasteiger partial charge in [0.2, 0.25) is 0 Å². The second kappa shape index (κ2) is 6.63. The summed E-state index contributed by atoms with van der Waals surface area (Å²) in [7, 11) is 0. The number of rotatable bonds is 5. The fourth-order valence-electron chi connectivity index (χ4n) is 2.25. The molecule has 1 aromatic heterocycles. The molecule has 0 aliphatic rings. The van der Waals surface area contributed by atoms with Crippen LogP contribution in [0, 0.1) is 18.6 Å². The molecule has 21 heavy (non-hydrogen) atoms. The Morgan fingerprint density at radius 1 is 1.24 bits per heavy atom. The van der Waals surface area contributed by atoms with Crippen LogP contribution in [0.25, 0.3) is 0 Å². The lowest BCUT2D eigenvalue weighted by Crippen LogP contribution is -2.25. The SMILES string of the molecule is CCCNC(c1cc(F)ccc1F)c1cc(C)cnc1N. The zero-order valence-corrected chi connectivity index (χ0v) is 12.2. The lowest BCUT2D eigenvalue weighted by molar-refractivity contribution is 0.535. The molecule has 5 heteroatoms. The topological polar surface area (TPSA) is 50.9 Å². The molecular weight excluding hydrogens is 272 g/mol. The number of anilines is 1. The molecule has 0 aliphatic heterocycles. The minimum Gasteiger partial charge on any atom is -0.383 e. The average Bonchev–Trinajstić information content (AvgIpc) is 2.46. The van der Waals surface area contributed by atoms with Gasteiger partial charge in [-0.05, 0) is 49.7 Å². The first-order valence-electron chi connectivity index (χ1n) is 6.93. The number of hydrogen-bond donors (Lipinski definition) is 2. The second-order valence-electron chi connectivity index (χ2n) is 5.04. The van der Waals surface area contributed by atoms with Crippen LogP contribution in [0.5, 0.6) is 0 Å². The summed E-state index contributed by atoms with van der Waals surface area (Å²) in [5, 5.41) is 3.21. The Hall–Kier alpha value is -2.01. The van der Waals surface area contributed by atoms with Gasteiger partial charge >= 0.3 is 0 Å². The summed E-state index contributed by atoms with van der Waals surface area (Å²) in [6.45, 7) is 4.55. The van der Waals surface area contributed by atoms with Crippen molar-refractivity contribution in [1.82, 2.24) is 10.3 Å². The predicted molar refractivity (Wildman–Crippen MR) is 79.9 cm³/mol. The van der Waals surface area contributed by atoms with Crippen LogP contribution in [0.2, 0.25) is 0 Å². The van der Waals surface area contributed by atoms with E-state index in [1.165, 1.54) is 6.07 Å². The van der Waals surface area contributed by atoms with Crippen molar-refractivity contribution in [3.63, 3.8) is 0 Å². The lowest BCUT2D eigenvalue weighted by atomic mass is 9.97. The van der Waals surface area contributed by atoms with Gasteiger partial charge in [0, 0.05) is 17.3 Å². The van der Waals surface area contributed by atoms with Gasteiger partial charge in [0.1, 0.15) is 17.5 Å². The molecule has 0 amide bonds. The highest BCUT2D eigenvalue weighted by Crippen LogP contribution is 2.28. The Bertz CT molecular complexity index is 577. The third-order valence-electron chi connectivity index (χ3n) is 3.26. The van der Waals surface area contributed by atoms with Crippen molar-refractivity contribution in [3.8, 4) is 0 Å². The monoisotopic (exact) mass is 291 g/mol. The van der Waals surface area contributed by atoms with Gasteiger partial charge in [-0.2, -0.15) is 0 Å². The number of nitrogen functional groups attached to an aromatic ring is 1. The van der Waals surface area contributed by atoms with Gasteiger partial charge in [-0.3, -0.25) is 0 Å². The third kappa shape index (κ3) is 3.55. The highest BCUT2D eigenvalue weighted by atomic mass is 19.1. The Morgan fingerprint density at radius 2 is 2.00 bits per heavy atom. The van der Waals surface area contributed by atoms with Crippen LogP contribution in [0.3, 0.4) is 0 Å². The molecule has 1 aromatic carbocycles. The quantitative estimate of drug-likeness (QED) is 0.888. The molecule has 0 saturated heterocycles. The van der Waals surface area contributed by atoms with Gasteiger partial charge in [-0.15, -0.1) is 0 Å². The fourth-order valence-corrected chi connectivity index (χ4v) is 2.25. The molecule has 0 fully saturated rings. The number of pyridine rings is 1. The van der Waals surface area contributed by atoms with Gasteiger partial charge in [0.25, 0.3) is 0 Å². The van der Waals surface area contributed by atoms with Crippen LogP contribution in [0.1, 0.15) is 36.1 Å². The molecule has 0 aliphatic carbocycles. The van der Waals surface area contributed by atoms with E-state index < -0.39 is 17.7 Å². The van der Waals surface area contributed by atoms with Gasteiger partial charge < -0.3 is 11.1 Å². The Labute approximate surface area is 123 Å². The zero-order chi connectivity index (χ0) is 15.4. The summed E-state index contributed by atoms with van der Waals surface area (Å²) < 4.78 is 27.6. The average molecular weight is 291 g/mol.